The lowest BCUT2D eigenvalue weighted by Crippen LogP contribution is -2.38. The van der Waals surface area contributed by atoms with Crippen LogP contribution in [0.15, 0.2) is 0 Å². The van der Waals surface area contributed by atoms with Gasteiger partial charge >= 0.3 is 0 Å². The highest BCUT2D eigenvalue weighted by atomic mass is 16.3. The molecular weight excluding hydrogens is 240 g/mol. The molecule has 0 aromatic carbocycles. The van der Waals surface area contributed by atoms with E-state index in [4.69, 9.17) is 0 Å². The largest absolute Gasteiger partial charge is 0.385 e. The monoisotopic (exact) mass is 264 g/mol. The molecule has 1 aromatic rings. The second-order valence-corrected chi connectivity index (χ2v) is 6.11. The molecule has 106 valence electrons. The number of aryl methyl sites for hydroxylation is 1. The molecule has 1 N–H and O–H groups in total. The van der Waals surface area contributed by atoms with E-state index in [2.05, 4.69) is 28.8 Å². The molecule has 5 nitrogen and oxygen atoms in total. The van der Waals surface area contributed by atoms with Crippen molar-refractivity contribution in [2.24, 2.45) is 0 Å². The molecule has 0 spiro atoms. The highest BCUT2D eigenvalue weighted by Gasteiger charge is 2.28. The summed E-state index contributed by atoms with van der Waals surface area (Å²) in [5.74, 6) is 2.21. The molecule has 1 fully saturated rings. The number of hydrogen-bond acceptors (Lipinski definition) is 4. The molecule has 0 amide bonds. The van der Waals surface area contributed by atoms with Gasteiger partial charge in [0.25, 0.3) is 0 Å². The van der Waals surface area contributed by atoms with Crippen molar-refractivity contribution in [3.63, 3.8) is 0 Å². The molecule has 0 radical (unpaired) electrons. The summed E-state index contributed by atoms with van der Waals surface area (Å²) in [6.07, 6.45) is 3.69. The molecule has 1 atom stereocenters. The van der Waals surface area contributed by atoms with Crippen molar-refractivity contribution in [3.05, 3.63) is 11.6 Å². The lowest BCUT2D eigenvalue weighted by molar-refractivity contribution is 0.130. The fourth-order valence-corrected chi connectivity index (χ4v) is 3.19. The number of fused-ring (bicyclic) bond motifs is 1. The molecule has 1 saturated heterocycles. The van der Waals surface area contributed by atoms with Crippen molar-refractivity contribution < 1.29 is 5.11 Å². The highest BCUT2D eigenvalue weighted by molar-refractivity contribution is 5.05. The number of likely N-dealkylation sites (tertiary alicyclic amines) is 1. The fraction of sp³-hybridized carbons (Fsp3) is 0.857. The molecule has 2 aliphatic rings. The quantitative estimate of drug-likeness (QED) is 0.883. The van der Waals surface area contributed by atoms with E-state index in [1.165, 1.54) is 0 Å². The maximum Gasteiger partial charge on any atom is 0.156 e. The molecule has 1 aromatic heterocycles. The Morgan fingerprint density at radius 3 is 2.53 bits per heavy atom. The Morgan fingerprint density at radius 1 is 1.16 bits per heavy atom. The van der Waals surface area contributed by atoms with E-state index in [0.717, 1.165) is 57.0 Å². The van der Waals surface area contributed by atoms with Crippen molar-refractivity contribution in [2.45, 2.75) is 64.1 Å². The molecule has 3 rings (SSSR count). The van der Waals surface area contributed by atoms with Gasteiger partial charge in [-0.3, -0.25) is 0 Å². The SMILES string of the molecule is CC(C)N1CCC(c2nc3n(n2)CCCC3O)CC1. The predicted molar refractivity (Wildman–Crippen MR) is 72.9 cm³/mol. The number of aliphatic hydroxyl groups excluding tert-OH is 1. The average molecular weight is 264 g/mol. The molecule has 1 unspecified atom stereocenters. The normalized spacial score (nSPS) is 25.8. The second kappa shape index (κ2) is 5.21. The second-order valence-electron chi connectivity index (χ2n) is 6.11. The summed E-state index contributed by atoms with van der Waals surface area (Å²) in [6.45, 7) is 7.68. The van der Waals surface area contributed by atoms with Crippen LogP contribution in [0, 0.1) is 0 Å². The van der Waals surface area contributed by atoms with Gasteiger partial charge in [0.15, 0.2) is 11.6 Å². The minimum absolute atomic E-state index is 0.411. The third-order valence-electron chi connectivity index (χ3n) is 4.49. The van der Waals surface area contributed by atoms with E-state index in [-0.39, 0.29) is 0 Å². The number of nitrogens with zero attached hydrogens (tertiary/aromatic N) is 4. The minimum Gasteiger partial charge on any atom is -0.385 e. The molecule has 5 heteroatoms. The topological polar surface area (TPSA) is 54.2 Å². The Balaban J connectivity index is 1.70. The maximum absolute atomic E-state index is 9.96. The van der Waals surface area contributed by atoms with Crippen molar-refractivity contribution in [1.29, 1.82) is 0 Å². The number of hydrogen-bond donors (Lipinski definition) is 1. The first kappa shape index (κ1) is 13.1. The zero-order valence-corrected chi connectivity index (χ0v) is 11.9. The smallest absolute Gasteiger partial charge is 0.156 e. The Labute approximate surface area is 114 Å². The molecular formula is C14H24N4O. The van der Waals surface area contributed by atoms with E-state index in [1.54, 1.807) is 0 Å². The number of aromatic nitrogens is 3. The third-order valence-corrected chi connectivity index (χ3v) is 4.49. The van der Waals surface area contributed by atoms with Gasteiger partial charge in [-0.1, -0.05) is 0 Å². The van der Waals surface area contributed by atoms with Crippen molar-refractivity contribution in [1.82, 2.24) is 19.7 Å². The zero-order chi connectivity index (χ0) is 13.4. The molecule has 0 bridgehead atoms. The molecule has 0 saturated carbocycles. The Hall–Kier alpha value is -0.940. The summed E-state index contributed by atoms with van der Waals surface area (Å²) in [4.78, 5) is 7.12. The summed E-state index contributed by atoms with van der Waals surface area (Å²) in [6, 6.07) is 0.630. The van der Waals surface area contributed by atoms with E-state index in [1.807, 2.05) is 4.68 Å². The standard InChI is InChI=1S/C14H24N4O/c1-10(2)17-8-5-11(6-9-17)13-15-14-12(19)4-3-7-18(14)16-13/h10-12,19H,3-9H2,1-2H3. The van der Waals surface area contributed by atoms with Gasteiger partial charge in [-0.2, -0.15) is 5.10 Å². The van der Waals surface area contributed by atoms with Gasteiger partial charge in [-0.25, -0.2) is 9.67 Å². The molecule has 19 heavy (non-hydrogen) atoms. The van der Waals surface area contributed by atoms with E-state index >= 15 is 0 Å². The Morgan fingerprint density at radius 2 is 1.89 bits per heavy atom. The Kier molecular flexibility index (Phi) is 3.58. The van der Waals surface area contributed by atoms with Gasteiger partial charge in [-0.15, -0.1) is 0 Å². The van der Waals surface area contributed by atoms with Crippen LogP contribution >= 0.6 is 0 Å². The van der Waals surface area contributed by atoms with Crippen molar-refractivity contribution in [2.75, 3.05) is 13.1 Å². The summed E-state index contributed by atoms with van der Waals surface area (Å²) in [5, 5.41) is 14.6. The zero-order valence-electron chi connectivity index (χ0n) is 11.9. The van der Waals surface area contributed by atoms with Gasteiger partial charge < -0.3 is 10.0 Å². The van der Waals surface area contributed by atoms with Crippen LogP contribution < -0.4 is 0 Å². The highest BCUT2D eigenvalue weighted by Crippen LogP contribution is 2.29. The van der Waals surface area contributed by atoms with Crippen LogP contribution in [-0.2, 0) is 6.54 Å². The van der Waals surface area contributed by atoms with Crippen LogP contribution in [0.5, 0.6) is 0 Å². The minimum atomic E-state index is -0.411. The van der Waals surface area contributed by atoms with Crippen LogP contribution in [-0.4, -0.2) is 43.9 Å². The lowest BCUT2D eigenvalue weighted by atomic mass is 9.95. The van der Waals surface area contributed by atoms with Gasteiger partial charge in [-0.05, 0) is 52.6 Å². The number of piperidine rings is 1. The Bertz CT molecular complexity index is 435. The first-order valence-corrected chi connectivity index (χ1v) is 7.52. The summed E-state index contributed by atoms with van der Waals surface area (Å²) in [5.41, 5.74) is 0. The van der Waals surface area contributed by atoms with Crippen molar-refractivity contribution >= 4 is 0 Å². The van der Waals surface area contributed by atoms with Crippen LogP contribution in [0.3, 0.4) is 0 Å². The first-order chi connectivity index (χ1) is 9.15. The average Bonchev–Trinajstić information content (AvgIpc) is 2.84. The molecule has 0 aliphatic carbocycles. The van der Waals surface area contributed by atoms with Crippen molar-refractivity contribution in [3.8, 4) is 0 Å². The number of aliphatic hydroxyl groups is 1. The fourth-order valence-electron chi connectivity index (χ4n) is 3.19. The molecule has 2 aliphatic heterocycles. The first-order valence-electron chi connectivity index (χ1n) is 7.52. The van der Waals surface area contributed by atoms with Crippen LogP contribution in [0.2, 0.25) is 0 Å². The predicted octanol–water partition coefficient (Wildman–Crippen LogP) is 1.69. The lowest BCUT2D eigenvalue weighted by Gasteiger charge is -2.33. The van der Waals surface area contributed by atoms with Gasteiger partial charge in [0.2, 0.25) is 0 Å². The summed E-state index contributed by atoms with van der Waals surface area (Å²) >= 11 is 0. The van der Waals surface area contributed by atoms with Gasteiger partial charge in [0.1, 0.15) is 6.10 Å². The summed E-state index contributed by atoms with van der Waals surface area (Å²) in [7, 11) is 0. The van der Waals surface area contributed by atoms with Gasteiger partial charge in [0.05, 0.1) is 0 Å². The van der Waals surface area contributed by atoms with E-state index < -0.39 is 6.10 Å². The number of rotatable bonds is 2. The van der Waals surface area contributed by atoms with E-state index in [0.29, 0.717) is 12.0 Å². The van der Waals surface area contributed by atoms with Gasteiger partial charge in [0, 0.05) is 18.5 Å². The maximum atomic E-state index is 9.96. The third kappa shape index (κ3) is 2.54. The molecule has 3 heterocycles. The van der Waals surface area contributed by atoms with E-state index in [9.17, 15) is 5.11 Å². The van der Waals surface area contributed by atoms with Crippen LogP contribution in [0.25, 0.3) is 0 Å². The van der Waals surface area contributed by atoms with Crippen LogP contribution in [0.1, 0.15) is 63.2 Å². The van der Waals surface area contributed by atoms with Crippen LogP contribution in [0.4, 0.5) is 0 Å². The summed E-state index contributed by atoms with van der Waals surface area (Å²) < 4.78 is 1.92.